The van der Waals surface area contributed by atoms with Gasteiger partial charge in [0, 0.05) is 17.0 Å². The summed E-state index contributed by atoms with van der Waals surface area (Å²) in [7, 11) is 0. The molecule has 1 aliphatic heterocycles. The maximum Gasteiger partial charge on any atom is 0.416 e. The molecule has 6 rings (SSSR count). The van der Waals surface area contributed by atoms with Gasteiger partial charge in [0.05, 0.1) is 28.7 Å². The number of alkyl halides is 3. The van der Waals surface area contributed by atoms with E-state index in [4.69, 9.17) is 11.6 Å². The molecule has 1 spiro atoms. The lowest BCUT2D eigenvalue weighted by atomic mass is 9.78. The Balaban J connectivity index is 1.15. The number of hydrogen-bond donors (Lipinski definition) is 0. The van der Waals surface area contributed by atoms with Gasteiger partial charge in [-0.3, -0.25) is 19.2 Å². The molecule has 0 atom stereocenters. The Bertz CT molecular complexity index is 1480. The molecular formula is C29H27ClF3N3O2S. The lowest BCUT2D eigenvalue weighted by molar-refractivity contribution is -0.138. The normalized spacial score (nSPS) is 20.6. The van der Waals surface area contributed by atoms with Crippen molar-refractivity contribution in [2.75, 3.05) is 6.54 Å². The highest BCUT2D eigenvalue weighted by Gasteiger charge is 2.45. The van der Waals surface area contributed by atoms with Crippen LogP contribution in [0.1, 0.15) is 61.6 Å². The minimum absolute atomic E-state index is 0.0194. The van der Waals surface area contributed by atoms with Gasteiger partial charge in [-0.05, 0) is 110 Å². The molecule has 2 aliphatic carbocycles. The highest BCUT2D eigenvalue weighted by Crippen LogP contribution is 2.57. The summed E-state index contributed by atoms with van der Waals surface area (Å²) in [5.74, 6) is 0.312. The second kappa shape index (κ2) is 10.0. The molecule has 204 valence electrons. The van der Waals surface area contributed by atoms with E-state index >= 15 is 0 Å². The van der Waals surface area contributed by atoms with E-state index in [1.165, 1.54) is 60.2 Å². The van der Waals surface area contributed by atoms with Crippen molar-refractivity contribution in [1.82, 2.24) is 14.7 Å². The van der Waals surface area contributed by atoms with Gasteiger partial charge in [0.25, 0.3) is 11.1 Å². The summed E-state index contributed by atoms with van der Waals surface area (Å²) in [5.41, 5.74) is 1.28. The lowest BCUT2D eigenvalue weighted by Crippen LogP contribution is -2.31. The summed E-state index contributed by atoms with van der Waals surface area (Å²) in [6.45, 7) is 0.381. The first kappa shape index (κ1) is 26.4. The summed E-state index contributed by atoms with van der Waals surface area (Å²) in [4.78, 5) is 27.4. The van der Waals surface area contributed by atoms with Crippen LogP contribution in [0.15, 0.2) is 47.5 Å². The molecule has 1 saturated heterocycles. The van der Waals surface area contributed by atoms with Crippen LogP contribution in [0.3, 0.4) is 0 Å². The molecule has 0 radical (unpaired) electrons. The van der Waals surface area contributed by atoms with E-state index < -0.39 is 11.7 Å². The maximum atomic E-state index is 13.5. The monoisotopic (exact) mass is 573 g/mol. The minimum Gasteiger partial charge on any atom is -0.268 e. The Morgan fingerprint density at radius 2 is 1.85 bits per heavy atom. The van der Waals surface area contributed by atoms with Crippen LogP contribution in [0.5, 0.6) is 0 Å². The highest BCUT2D eigenvalue weighted by atomic mass is 35.5. The first-order valence-corrected chi connectivity index (χ1v) is 14.4. The van der Waals surface area contributed by atoms with Crippen molar-refractivity contribution in [1.29, 1.82) is 0 Å². The summed E-state index contributed by atoms with van der Waals surface area (Å²) < 4.78 is 42.1. The SMILES string of the molecule is O=C1S/C(=C\c2ccc3c(cnn3Cc3ccc(Cl)cc3C(F)(F)F)c2)C(=O)N1CCC1CCC2(CC1)CC2. The van der Waals surface area contributed by atoms with Crippen molar-refractivity contribution in [3.05, 3.63) is 69.2 Å². The smallest absolute Gasteiger partial charge is 0.268 e. The van der Waals surface area contributed by atoms with E-state index in [2.05, 4.69) is 5.10 Å². The zero-order valence-electron chi connectivity index (χ0n) is 21.1. The molecule has 1 aromatic heterocycles. The third-order valence-electron chi connectivity index (χ3n) is 8.42. The Morgan fingerprint density at radius 1 is 1.08 bits per heavy atom. The number of carbonyl (C=O) groups is 2. The minimum atomic E-state index is -4.53. The fraction of sp³-hybridized carbons (Fsp3) is 0.414. The summed E-state index contributed by atoms with van der Waals surface area (Å²) >= 11 is 6.75. The van der Waals surface area contributed by atoms with Crippen LogP contribution in [-0.2, 0) is 17.5 Å². The molecule has 2 aromatic carbocycles. The molecule has 10 heteroatoms. The topological polar surface area (TPSA) is 55.2 Å². The molecule has 2 saturated carbocycles. The van der Waals surface area contributed by atoms with E-state index in [-0.39, 0.29) is 28.3 Å². The highest BCUT2D eigenvalue weighted by molar-refractivity contribution is 8.18. The number of aromatic nitrogens is 2. The van der Waals surface area contributed by atoms with Gasteiger partial charge in [0.1, 0.15) is 0 Å². The molecule has 3 aromatic rings. The van der Waals surface area contributed by atoms with Crippen molar-refractivity contribution in [3.63, 3.8) is 0 Å². The van der Waals surface area contributed by atoms with Crippen molar-refractivity contribution in [2.24, 2.45) is 11.3 Å². The van der Waals surface area contributed by atoms with Gasteiger partial charge in [-0.2, -0.15) is 18.3 Å². The molecule has 3 aliphatic rings. The summed E-state index contributed by atoms with van der Waals surface area (Å²) in [5, 5.41) is 4.79. The van der Waals surface area contributed by atoms with Crippen molar-refractivity contribution in [2.45, 2.75) is 57.7 Å². The number of benzene rings is 2. The van der Waals surface area contributed by atoms with Gasteiger partial charge in [-0.1, -0.05) is 23.7 Å². The quantitative estimate of drug-likeness (QED) is 0.279. The van der Waals surface area contributed by atoms with Gasteiger partial charge in [-0.25, -0.2) is 0 Å². The largest absolute Gasteiger partial charge is 0.416 e. The Labute approximate surface area is 233 Å². The first-order chi connectivity index (χ1) is 18.6. The van der Waals surface area contributed by atoms with E-state index in [9.17, 15) is 22.8 Å². The zero-order chi connectivity index (χ0) is 27.4. The molecule has 2 heterocycles. The molecule has 39 heavy (non-hydrogen) atoms. The standard InChI is InChI=1S/C29H27ClF3N3O2S/c30-22-3-2-20(23(15-22)29(31,32)33)17-36-24-4-1-19(13-21(24)16-34-36)14-25-26(37)35(27(38)39-25)12-7-18-5-8-28(9-6-18)10-11-28/h1-4,13-16,18H,5-12,17H2/b25-14-. The first-order valence-electron chi connectivity index (χ1n) is 13.2. The van der Waals surface area contributed by atoms with Crippen LogP contribution < -0.4 is 0 Å². The van der Waals surface area contributed by atoms with Gasteiger partial charge in [-0.15, -0.1) is 0 Å². The van der Waals surface area contributed by atoms with Crippen LogP contribution in [-0.4, -0.2) is 32.4 Å². The molecule has 0 bridgehead atoms. The van der Waals surface area contributed by atoms with Crippen molar-refractivity contribution < 1.29 is 22.8 Å². The van der Waals surface area contributed by atoms with E-state index in [0.29, 0.717) is 28.3 Å². The third-order valence-corrected chi connectivity index (χ3v) is 9.56. The van der Waals surface area contributed by atoms with Crippen molar-refractivity contribution >= 4 is 51.5 Å². The fourth-order valence-corrected chi connectivity index (χ4v) is 6.88. The molecular weight excluding hydrogens is 547 g/mol. The van der Waals surface area contributed by atoms with Crippen molar-refractivity contribution in [3.8, 4) is 0 Å². The Morgan fingerprint density at radius 3 is 2.56 bits per heavy atom. The molecule has 5 nitrogen and oxygen atoms in total. The van der Waals surface area contributed by atoms with Crippen LogP contribution in [0.25, 0.3) is 17.0 Å². The summed E-state index contributed by atoms with van der Waals surface area (Å²) in [6.07, 6.45) is 7.26. The number of imide groups is 1. The van der Waals surface area contributed by atoms with Crippen LogP contribution in [0.2, 0.25) is 5.02 Å². The summed E-state index contributed by atoms with van der Waals surface area (Å²) in [6, 6.07) is 9.07. The number of thioether (sulfide) groups is 1. The number of hydrogen-bond acceptors (Lipinski definition) is 4. The van der Waals surface area contributed by atoms with Crippen LogP contribution in [0.4, 0.5) is 18.0 Å². The Kier molecular flexibility index (Phi) is 6.78. The third kappa shape index (κ3) is 5.48. The van der Waals surface area contributed by atoms with Crippen LogP contribution in [0, 0.1) is 11.3 Å². The van der Waals surface area contributed by atoms with Gasteiger partial charge >= 0.3 is 6.18 Å². The molecule has 0 unspecified atom stereocenters. The predicted molar refractivity (Wildman–Crippen MR) is 146 cm³/mol. The number of halogens is 4. The number of carbonyl (C=O) groups excluding carboxylic acids is 2. The number of rotatable bonds is 6. The number of fused-ring (bicyclic) bond motifs is 1. The number of nitrogens with zero attached hydrogens (tertiary/aromatic N) is 3. The average Bonchev–Trinajstić information content (AvgIpc) is 3.45. The average molecular weight is 574 g/mol. The van der Waals surface area contributed by atoms with Gasteiger partial charge in [0.2, 0.25) is 0 Å². The maximum absolute atomic E-state index is 13.5. The van der Waals surface area contributed by atoms with E-state index in [1.807, 2.05) is 6.07 Å². The Hall–Kier alpha value is -2.78. The molecule has 3 fully saturated rings. The van der Waals surface area contributed by atoms with E-state index in [0.717, 1.165) is 35.2 Å². The molecule has 0 N–H and O–H groups in total. The fourth-order valence-electron chi connectivity index (χ4n) is 5.84. The second-order valence-electron chi connectivity index (χ2n) is 11.0. The predicted octanol–water partition coefficient (Wildman–Crippen LogP) is 8.15. The molecule has 2 amide bonds. The van der Waals surface area contributed by atoms with E-state index in [1.54, 1.807) is 24.4 Å². The number of amides is 2. The van der Waals surface area contributed by atoms with Gasteiger partial charge < -0.3 is 0 Å². The lowest BCUT2D eigenvalue weighted by Gasteiger charge is -2.29. The van der Waals surface area contributed by atoms with Gasteiger partial charge in [0.15, 0.2) is 0 Å². The second-order valence-corrected chi connectivity index (χ2v) is 12.4. The van der Waals surface area contributed by atoms with Crippen LogP contribution >= 0.6 is 23.4 Å². The zero-order valence-corrected chi connectivity index (χ0v) is 22.7.